The van der Waals surface area contributed by atoms with E-state index in [1.807, 2.05) is 0 Å². The molecule has 1 aliphatic rings. The van der Waals surface area contributed by atoms with E-state index in [0.29, 0.717) is 5.06 Å². The summed E-state index contributed by atoms with van der Waals surface area (Å²) in [5, 5.41) is 9.23. The summed E-state index contributed by atoms with van der Waals surface area (Å²) in [6.45, 7) is 1.37. The van der Waals surface area contributed by atoms with E-state index in [2.05, 4.69) is 4.84 Å². The van der Waals surface area contributed by atoms with Gasteiger partial charge in [0, 0.05) is 32.7 Å². The molecule has 122 valence electrons. The minimum absolute atomic E-state index is 0.0163. The van der Waals surface area contributed by atoms with Crippen LogP contribution >= 0.6 is 0 Å². The van der Waals surface area contributed by atoms with Gasteiger partial charge in [-0.3, -0.25) is 14.4 Å². The van der Waals surface area contributed by atoms with Crippen molar-refractivity contribution in [3.8, 4) is 0 Å². The summed E-state index contributed by atoms with van der Waals surface area (Å²) in [5.41, 5.74) is 0. The average Bonchev–Trinajstić information content (AvgIpc) is 2.77. The van der Waals surface area contributed by atoms with Gasteiger partial charge in [-0.2, -0.15) is 0 Å². The Labute approximate surface area is 126 Å². The van der Waals surface area contributed by atoms with Gasteiger partial charge in [-0.05, 0) is 13.3 Å². The molecule has 1 heterocycles. The van der Waals surface area contributed by atoms with Crippen molar-refractivity contribution in [2.75, 3.05) is 7.05 Å². The van der Waals surface area contributed by atoms with E-state index < -0.39 is 35.7 Å². The normalized spacial score (nSPS) is 15.6. The Balaban J connectivity index is 2.33. The number of hydroxylamine groups is 2. The number of aliphatic carboxylic acids is 1. The van der Waals surface area contributed by atoms with Gasteiger partial charge < -0.3 is 14.8 Å². The Morgan fingerprint density at radius 3 is 2.27 bits per heavy atom. The lowest BCUT2D eigenvalue weighted by Gasteiger charge is -2.21. The maximum absolute atomic E-state index is 11.7. The number of nitrogens with zero attached hydrogens (tertiary/aromatic N) is 2. The molecule has 0 aromatic rings. The van der Waals surface area contributed by atoms with Crippen LogP contribution in [0.2, 0.25) is 0 Å². The number of carbonyl (C=O) groups excluding carboxylic acids is 4. The first-order valence-corrected chi connectivity index (χ1v) is 6.79. The summed E-state index contributed by atoms with van der Waals surface area (Å²) in [6, 6.07) is -0.959. The molecule has 9 nitrogen and oxygen atoms in total. The highest BCUT2D eigenvalue weighted by Crippen LogP contribution is 2.13. The zero-order chi connectivity index (χ0) is 16.9. The van der Waals surface area contributed by atoms with Gasteiger partial charge >= 0.3 is 11.9 Å². The van der Waals surface area contributed by atoms with E-state index in [9.17, 15) is 24.0 Å². The third-order valence-electron chi connectivity index (χ3n) is 3.30. The number of imide groups is 1. The van der Waals surface area contributed by atoms with Gasteiger partial charge in [0.15, 0.2) is 0 Å². The highest BCUT2D eigenvalue weighted by molar-refractivity contribution is 6.01. The van der Waals surface area contributed by atoms with Crippen LogP contribution in [0.3, 0.4) is 0 Å². The average molecular weight is 314 g/mol. The molecule has 1 atom stereocenters. The van der Waals surface area contributed by atoms with Gasteiger partial charge in [0.25, 0.3) is 11.8 Å². The number of hydrogen-bond acceptors (Lipinski definition) is 6. The SMILES string of the molecule is C[C@@H](C(=O)O)N(C)C(=O)CCCC(=O)ON1C(=O)CCC1=O. The molecule has 0 aromatic heterocycles. The molecule has 1 rings (SSSR count). The van der Waals surface area contributed by atoms with Crippen LogP contribution in [-0.2, 0) is 28.8 Å². The molecule has 0 unspecified atom stereocenters. The second kappa shape index (κ2) is 7.53. The van der Waals surface area contributed by atoms with Crippen molar-refractivity contribution in [1.29, 1.82) is 0 Å². The van der Waals surface area contributed by atoms with Crippen LogP contribution in [0.25, 0.3) is 0 Å². The van der Waals surface area contributed by atoms with E-state index in [1.54, 1.807) is 0 Å². The predicted molar refractivity (Wildman–Crippen MR) is 70.9 cm³/mol. The Morgan fingerprint density at radius 1 is 1.23 bits per heavy atom. The second-order valence-electron chi connectivity index (χ2n) is 4.92. The zero-order valence-corrected chi connectivity index (χ0v) is 12.4. The fourth-order valence-corrected chi connectivity index (χ4v) is 1.75. The quantitative estimate of drug-likeness (QED) is 0.640. The largest absolute Gasteiger partial charge is 0.480 e. The first-order valence-electron chi connectivity index (χ1n) is 6.79. The summed E-state index contributed by atoms with van der Waals surface area (Å²) < 4.78 is 0. The van der Waals surface area contributed by atoms with Gasteiger partial charge in [0.2, 0.25) is 5.91 Å². The number of carboxylic acid groups (broad SMARTS) is 1. The number of rotatable bonds is 7. The minimum Gasteiger partial charge on any atom is -0.480 e. The van der Waals surface area contributed by atoms with E-state index in [1.165, 1.54) is 14.0 Å². The van der Waals surface area contributed by atoms with Gasteiger partial charge in [0.1, 0.15) is 6.04 Å². The summed E-state index contributed by atoms with van der Waals surface area (Å²) in [7, 11) is 1.36. The summed E-state index contributed by atoms with van der Waals surface area (Å²) >= 11 is 0. The number of likely N-dealkylation sites (N-methyl/N-ethyl adjacent to an activating group) is 1. The van der Waals surface area contributed by atoms with Crippen LogP contribution < -0.4 is 0 Å². The van der Waals surface area contributed by atoms with Crippen LogP contribution in [0.5, 0.6) is 0 Å². The summed E-state index contributed by atoms with van der Waals surface area (Å²) in [6.07, 6.45) is -0.0291. The van der Waals surface area contributed by atoms with Crippen LogP contribution in [0.15, 0.2) is 0 Å². The van der Waals surface area contributed by atoms with E-state index >= 15 is 0 Å². The lowest BCUT2D eigenvalue weighted by Crippen LogP contribution is -2.40. The van der Waals surface area contributed by atoms with Crippen molar-refractivity contribution in [3.05, 3.63) is 0 Å². The van der Waals surface area contributed by atoms with Crippen molar-refractivity contribution < 1.29 is 33.9 Å². The fourth-order valence-electron chi connectivity index (χ4n) is 1.75. The molecule has 0 aromatic carbocycles. The molecular formula is C13H18N2O7. The van der Waals surface area contributed by atoms with Gasteiger partial charge in [-0.15, -0.1) is 5.06 Å². The molecule has 0 saturated carbocycles. The third-order valence-corrected chi connectivity index (χ3v) is 3.30. The molecule has 9 heteroatoms. The standard InChI is InChI=1S/C13H18N2O7/c1-8(13(20)21)14(2)9(16)4-3-5-12(19)22-15-10(17)6-7-11(15)18/h8H,3-7H2,1-2H3,(H,20,21)/t8-/m0/s1. The summed E-state index contributed by atoms with van der Waals surface area (Å²) in [5.74, 6) is -3.46. The van der Waals surface area contributed by atoms with Crippen LogP contribution in [-0.4, -0.2) is 57.8 Å². The molecule has 1 fully saturated rings. The topological polar surface area (TPSA) is 121 Å². The number of hydrogen-bond donors (Lipinski definition) is 1. The molecule has 22 heavy (non-hydrogen) atoms. The lowest BCUT2D eigenvalue weighted by molar-refractivity contribution is -0.197. The van der Waals surface area contributed by atoms with Crippen LogP contribution in [0, 0.1) is 0 Å². The first kappa shape index (κ1) is 17.6. The van der Waals surface area contributed by atoms with E-state index in [4.69, 9.17) is 5.11 Å². The van der Waals surface area contributed by atoms with E-state index in [0.717, 1.165) is 4.90 Å². The number of carboxylic acids is 1. The number of carbonyl (C=O) groups is 5. The van der Waals surface area contributed by atoms with Crippen molar-refractivity contribution >= 4 is 29.7 Å². The highest BCUT2D eigenvalue weighted by Gasteiger charge is 2.32. The summed E-state index contributed by atoms with van der Waals surface area (Å²) in [4.78, 5) is 62.1. The van der Waals surface area contributed by atoms with Crippen molar-refractivity contribution in [2.24, 2.45) is 0 Å². The molecule has 0 spiro atoms. The molecule has 0 aliphatic carbocycles. The molecule has 0 bridgehead atoms. The Kier molecular flexibility index (Phi) is 6.02. The zero-order valence-electron chi connectivity index (χ0n) is 12.4. The molecule has 1 saturated heterocycles. The van der Waals surface area contributed by atoms with Gasteiger partial charge in [0.05, 0.1) is 0 Å². The Bertz CT molecular complexity index is 487. The molecule has 1 N–H and O–H groups in total. The smallest absolute Gasteiger partial charge is 0.333 e. The second-order valence-corrected chi connectivity index (χ2v) is 4.92. The lowest BCUT2D eigenvalue weighted by atomic mass is 10.2. The van der Waals surface area contributed by atoms with Crippen molar-refractivity contribution in [1.82, 2.24) is 9.96 Å². The first-order chi connectivity index (χ1) is 10.2. The Morgan fingerprint density at radius 2 is 1.77 bits per heavy atom. The monoisotopic (exact) mass is 314 g/mol. The predicted octanol–water partition coefficient (Wildman–Crippen LogP) is -0.305. The fraction of sp³-hybridized carbons (Fsp3) is 0.615. The maximum Gasteiger partial charge on any atom is 0.333 e. The molecule has 1 aliphatic heterocycles. The van der Waals surface area contributed by atoms with Crippen molar-refractivity contribution in [3.63, 3.8) is 0 Å². The van der Waals surface area contributed by atoms with Crippen LogP contribution in [0.4, 0.5) is 0 Å². The molecular weight excluding hydrogens is 296 g/mol. The van der Waals surface area contributed by atoms with Gasteiger partial charge in [-0.1, -0.05) is 0 Å². The minimum atomic E-state index is -1.12. The maximum atomic E-state index is 11.7. The third kappa shape index (κ3) is 4.54. The number of amides is 3. The van der Waals surface area contributed by atoms with Gasteiger partial charge in [-0.25, -0.2) is 9.59 Å². The Hall–Kier alpha value is -2.45. The van der Waals surface area contributed by atoms with Crippen LogP contribution in [0.1, 0.15) is 39.0 Å². The molecule has 3 amide bonds. The highest BCUT2D eigenvalue weighted by atomic mass is 16.7. The van der Waals surface area contributed by atoms with E-state index in [-0.39, 0.29) is 32.1 Å². The molecule has 0 radical (unpaired) electrons. The van der Waals surface area contributed by atoms with Crippen molar-refractivity contribution in [2.45, 2.75) is 45.1 Å².